The van der Waals surface area contributed by atoms with E-state index < -0.39 is 0 Å². The van der Waals surface area contributed by atoms with Crippen LogP contribution < -0.4 is 5.32 Å². The van der Waals surface area contributed by atoms with Gasteiger partial charge in [0.25, 0.3) is 0 Å². The number of imide groups is 1. The predicted octanol–water partition coefficient (Wildman–Crippen LogP) is 1.53. The van der Waals surface area contributed by atoms with Crippen LogP contribution in [0.3, 0.4) is 0 Å². The van der Waals surface area contributed by atoms with Crippen LogP contribution in [0.1, 0.15) is 18.3 Å². The van der Waals surface area contributed by atoms with Crippen LogP contribution in [-0.2, 0) is 17.8 Å². The van der Waals surface area contributed by atoms with E-state index in [1.807, 2.05) is 18.2 Å². The summed E-state index contributed by atoms with van der Waals surface area (Å²) in [6, 6.07) is 9.83. The van der Waals surface area contributed by atoms with Crippen molar-refractivity contribution in [3.8, 4) is 0 Å². The lowest BCUT2D eigenvalue weighted by atomic mass is 10.1. The summed E-state index contributed by atoms with van der Waals surface area (Å²) in [6.45, 7) is 3.30. The number of thioether (sulfide) groups is 1. The van der Waals surface area contributed by atoms with Gasteiger partial charge in [0.15, 0.2) is 5.16 Å². The summed E-state index contributed by atoms with van der Waals surface area (Å²) in [7, 11) is 0. The zero-order valence-corrected chi connectivity index (χ0v) is 14.3. The van der Waals surface area contributed by atoms with Crippen molar-refractivity contribution in [3.05, 3.63) is 41.7 Å². The van der Waals surface area contributed by atoms with Crippen LogP contribution in [0.25, 0.3) is 0 Å². The van der Waals surface area contributed by atoms with Crippen molar-refractivity contribution in [2.24, 2.45) is 0 Å². The maximum atomic E-state index is 11.6. The van der Waals surface area contributed by atoms with Gasteiger partial charge in [0.05, 0.1) is 6.54 Å². The molecule has 3 amide bonds. The molecule has 2 aromatic rings. The van der Waals surface area contributed by atoms with Gasteiger partial charge in [-0.25, -0.2) is 4.79 Å². The summed E-state index contributed by atoms with van der Waals surface area (Å²) in [5.41, 5.74) is 1.19. The first kappa shape index (κ1) is 16.5. The Hall–Kier alpha value is -2.35. The lowest BCUT2D eigenvalue weighted by Crippen LogP contribution is -2.32. The molecule has 8 heteroatoms. The smallest absolute Gasteiger partial charge is 0.324 e. The Morgan fingerprint density at radius 1 is 1.21 bits per heavy atom. The normalized spacial score (nSPS) is 14.3. The molecule has 3 rings (SSSR count). The Morgan fingerprint density at radius 3 is 2.67 bits per heavy atom. The summed E-state index contributed by atoms with van der Waals surface area (Å²) < 4.78 is 2.07. The fourth-order valence-corrected chi connectivity index (χ4v) is 3.51. The van der Waals surface area contributed by atoms with E-state index in [2.05, 4.69) is 39.1 Å². The predicted molar refractivity (Wildman–Crippen MR) is 90.8 cm³/mol. The highest BCUT2D eigenvalue weighted by Crippen LogP contribution is 2.19. The van der Waals surface area contributed by atoms with Gasteiger partial charge in [-0.2, -0.15) is 0 Å². The van der Waals surface area contributed by atoms with Gasteiger partial charge >= 0.3 is 6.03 Å². The van der Waals surface area contributed by atoms with E-state index in [0.717, 1.165) is 23.9 Å². The fraction of sp³-hybridized carbons (Fsp3) is 0.375. The van der Waals surface area contributed by atoms with Crippen molar-refractivity contribution in [3.63, 3.8) is 0 Å². The zero-order valence-electron chi connectivity index (χ0n) is 13.4. The third-order valence-corrected chi connectivity index (χ3v) is 4.74. The third kappa shape index (κ3) is 3.59. The molecule has 1 aliphatic rings. The van der Waals surface area contributed by atoms with Gasteiger partial charge in [-0.05, 0) is 12.5 Å². The van der Waals surface area contributed by atoms with E-state index in [1.165, 1.54) is 22.2 Å². The van der Waals surface area contributed by atoms with E-state index in [9.17, 15) is 9.59 Å². The minimum absolute atomic E-state index is 0.0931. The molecule has 7 nitrogen and oxygen atoms in total. The number of hydrogen-bond acceptors (Lipinski definition) is 5. The highest BCUT2D eigenvalue weighted by Gasteiger charge is 2.27. The quantitative estimate of drug-likeness (QED) is 0.608. The molecule has 1 saturated heterocycles. The molecule has 1 aliphatic heterocycles. The van der Waals surface area contributed by atoms with Crippen molar-refractivity contribution in [2.45, 2.75) is 25.0 Å². The van der Waals surface area contributed by atoms with Crippen molar-refractivity contribution in [2.75, 3.05) is 18.8 Å². The van der Waals surface area contributed by atoms with Crippen LogP contribution in [0.2, 0.25) is 0 Å². The number of nitrogens with one attached hydrogen (secondary N) is 1. The topological polar surface area (TPSA) is 80.1 Å². The van der Waals surface area contributed by atoms with Crippen LogP contribution in [0, 0.1) is 0 Å². The third-order valence-electron chi connectivity index (χ3n) is 3.80. The second kappa shape index (κ2) is 7.48. The first-order valence-electron chi connectivity index (χ1n) is 7.86. The number of benzene rings is 1. The van der Waals surface area contributed by atoms with E-state index in [4.69, 9.17) is 0 Å². The fourth-order valence-electron chi connectivity index (χ4n) is 2.56. The molecule has 0 atom stereocenters. The Labute approximate surface area is 144 Å². The van der Waals surface area contributed by atoms with Gasteiger partial charge in [-0.1, -0.05) is 42.1 Å². The monoisotopic (exact) mass is 345 g/mol. The van der Waals surface area contributed by atoms with Gasteiger partial charge in [0.2, 0.25) is 5.91 Å². The van der Waals surface area contributed by atoms with Crippen LogP contribution in [0.4, 0.5) is 4.79 Å². The second-order valence-corrected chi connectivity index (χ2v) is 6.42. The van der Waals surface area contributed by atoms with Crippen LogP contribution in [-0.4, -0.2) is 50.4 Å². The van der Waals surface area contributed by atoms with E-state index in [0.29, 0.717) is 12.3 Å². The van der Waals surface area contributed by atoms with Crippen molar-refractivity contribution >= 4 is 23.7 Å². The molecule has 2 heterocycles. The van der Waals surface area contributed by atoms with Crippen molar-refractivity contribution in [1.82, 2.24) is 25.0 Å². The first-order valence-corrected chi connectivity index (χ1v) is 8.84. The number of nitrogens with zero attached hydrogens (tertiary/aromatic N) is 4. The molecule has 1 fully saturated rings. The minimum atomic E-state index is -0.317. The molecule has 0 spiro atoms. The average Bonchev–Trinajstić information content (AvgIpc) is 3.13. The molecular weight excluding hydrogens is 326 g/mol. The number of hydrogen-bond donors (Lipinski definition) is 1. The largest absolute Gasteiger partial charge is 0.329 e. The maximum absolute atomic E-state index is 11.6. The number of aromatic nitrogens is 3. The van der Waals surface area contributed by atoms with Crippen LogP contribution in [0.5, 0.6) is 0 Å². The van der Waals surface area contributed by atoms with Gasteiger partial charge < -0.3 is 9.88 Å². The summed E-state index contributed by atoms with van der Waals surface area (Å²) in [4.78, 5) is 24.3. The van der Waals surface area contributed by atoms with Crippen molar-refractivity contribution < 1.29 is 9.59 Å². The summed E-state index contributed by atoms with van der Waals surface area (Å²) >= 11 is 1.51. The first-order chi connectivity index (χ1) is 11.7. The van der Waals surface area contributed by atoms with Gasteiger partial charge in [-0.3, -0.25) is 9.69 Å². The van der Waals surface area contributed by atoms with E-state index in [-0.39, 0.29) is 18.5 Å². The SMILES string of the molecule is CCn1c(Cc2ccccc2)nnc1SCCN1C(=O)CNC1=O. The van der Waals surface area contributed by atoms with Gasteiger partial charge in [0.1, 0.15) is 5.82 Å². The molecule has 0 unspecified atom stereocenters. The molecule has 1 N–H and O–H groups in total. The van der Waals surface area contributed by atoms with Gasteiger partial charge in [-0.15, -0.1) is 10.2 Å². The molecule has 0 saturated carbocycles. The lowest BCUT2D eigenvalue weighted by molar-refractivity contribution is -0.124. The molecule has 24 heavy (non-hydrogen) atoms. The minimum Gasteiger partial charge on any atom is -0.329 e. The second-order valence-electron chi connectivity index (χ2n) is 5.36. The van der Waals surface area contributed by atoms with Crippen LogP contribution in [0.15, 0.2) is 35.5 Å². The molecule has 0 aliphatic carbocycles. The number of amides is 3. The summed E-state index contributed by atoms with van der Waals surface area (Å²) in [6.07, 6.45) is 0.731. The van der Waals surface area contributed by atoms with Crippen LogP contribution >= 0.6 is 11.8 Å². The Bertz CT molecular complexity index is 715. The molecule has 0 bridgehead atoms. The molecule has 0 radical (unpaired) electrons. The number of carbonyl (C=O) groups is 2. The average molecular weight is 345 g/mol. The van der Waals surface area contributed by atoms with Gasteiger partial charge in [0, 0.05) is 25.3 Å². The number of carbonyl (C=O) groups excluding carboxylic acids is 2. The molecule has 1 aromatic heterocycles. The highest BCUT2D eigenvalue weighted by molar-refractivity contribution is 7.99. The summed E-state index contributed by atoms with van der Waals surface area (Å²) in [5.74, 6) is 1.34. The Balaban J connectivity index is 1.62. The van der Waals surface area contributed by atoms with E-state index >= 15 is 0 Å². The zero-order chi connectivity index (χ0) is 16.9. The maximum Gasteiger partial charge on any atom is 0.324 e. The lowest BCUT2D eigenvalue weighted by Gasteiger charge is -2.12. The Kier molecular flexibility index (Phi) is 5.14. The molecule has 1 aromatic carbocycles. The van der Waals surface area contributed by atoms with Crippen molar-refractivity contribution in [1.29, 1.82) is 0 Å². The number of urea groups is 1. The highest BCUT2D eigenvalue weighted by atomic mass is 32.2. The molecular formula is C16H19N5O2S. The van der Waals surface area contributed by atoms with E-state index in [1.54, 1.807) is 0 Å². The standard InChI is InChI=1S/C16H19N5O2S/c1-2-20-13(10-12-6-4-3-5-7-12)18-19-16(20)24-9-8-21-14(22)11-17-15(21)23/h3-7H,2,8-11H2,1H3,(H,17,23). The Morgan fingerprint density at radius 2 is 2.00 bits per heavy atom. The molecule has 126 valence electrons. The summed E-state index contributed by atoms with van der Waals surface area (Å²) in [5, 5.41) is 11.9. The number of rotatable bonds is 7.